The van der Waals surface area contributed by atoms with Crippen molar-refractivity contribution in [1.29, 1.82) is 0 Å². The lowest BCUT2D eigenvalue weighted by atomic mass is 9.86. The maximum Gasteiger partial charge on any atom is 0.337 e. The molecule has 0 atom stereocenters. The van der Waals surface area contributed by atoms with Gasteiger partial charge >= 0.3 is 5.97 Å². The smallest absolute Gasteiger partial charge is 0.337 e. The quantitative estimate of drug-likeness (QED) is 0.834. The molecule has 0 saturated carbocycles. The first kappa shape index (κ1) is 14.9. The van der Waals surface area contributed by atoms with Gasteiger partial charge in [-0.1, -0.05) is 39.0 Å². The average molecular weight is 285 g/mol. The third-order valence-corrected chi connectivity index (χ3v) is 3.18. The molecule has 0 fully saturated rings. The van der Waals surface area contributed by atoms with Crippen LogP contribution in [0.1, 0.15) is 36.7 Å². The number of rotatable bonds is 3. The topological polar surface area (TPSA) is 72.5 Å². The Labute approximate surface area is 124 Å². The van der Waals surface area contributed by atoms with E-state index in [0.717, 1.165) is 5.56 Å². The van der Waals surface area contributed by atoms with Crippen LogP contribution in [0, 0.1) is 0 Å². The second-order valence-corrected chi connectivity index (χ2v) is 5.90. The van der Waals surface area contributed by atoms with Crippen LogP contribution < -0.4 is 10.5 Å². The molecule has 0 heterocycles. The van der Waals surface area contributed by atoms with Crippen LogP contribution >= 0.6 is 0 Å². The Hall–Kier alpha value is -2.49. The number of nitrogen functional groups attached to an aromatic ring is 1. The van der Waals surface area contributed by atoms with Gasteiger partial charge in [0, 0.05) is 11.3 Å². The molecule has 110 valence electrons. The molecule has 2 aromatic carbocycles. The highest BCUT2D eigenvalue weighted by atomic mass is 16.5. The fourth-order valence-corrected chi connectivity index (χ4v) is 2.09. The van der Waals surface area contributed by atoms with Gasteiger partial charge in [0.05, 0.1) is 5.56 Å². The summed E-state index contributed by atoms with van der Waals surface area (Å²) in [4.78, 5) is 11.1. The van der Waals surface area contributed by atoms with Crippen molar-refractivity contribution in [3.05, 3.63) is 53.6 Å². The summed E-state index contributed by atoms with van der Waals surface area (Å²) in [5.41, 5.74) is 6.90. The number of para-hydroxylation sites is 1. The Morgan fingerprint density at radius 1 is 1.14 bits per heavy atom. The van der Waals surface area contributed by atoms with E-state index in [1.807, 2.05) is 24.3 Å². The first-order valence-corrected chi connectivity index (χ1v) is 6.69. The summed E-state index contributed by atoms with van der Waals surface area (Å²) in [6, 6.07) is 12.4. The zero-order valence-corrected chi connectivity index (χ0v) is 12.4. The third-order valence-electron chi connectivity index (χ3n) is 3.18. The van der Waals surface area contributed by atoms with E-state index in [2.05, 4.69) is 20.8 Å². The molecule has 4 nitrogen and oxygen atoms in total. The molecular weight excluding hydrogens is 266 g/mol. The Bertz CT molecular complexity index is 672. The standard InChI is InChI=1S/C17H19NO3/c1-17(2,3)13-6-4-5-7-15(13)21-11-8-9-14(18)12(10-11)16(19)20/h4-10H,18H2,1-3H3,(H,19,20). The molecule has 0 aliphatic rings. The lowest BCUT2D eigenvalue weighted by molar-refractivity contribution is 0.0697. The van der Waals surface area contributed by atoms with Crippen molar-refractivity contribution in [3.63, 3.8) is 0 Å². The van der Waals surface area contributed by atoms with Gasteiger partial charge in [-0.15, -0.1) is 0 Å². The molecule has 0 aliphatic heterocycles. The molecule has 3 N–H and O–H groups in total. The highest BCUT2D eigenvalue weighted by molar-refractivity contribution is 5.94. The van der Waals surface area contributed by atoms with Crippen molar-refractivity contribution in [2.75, 3.05) is 5.73 Å². The number of hydrogen-bond acceptors (Lipinski definition) is 3. The molecule has 0 amide bonds. The van der Waals surface area contributed by atoms with E-state index in [0.29, 0.717) is 11.5 Å². The van der Waals surface area contributed by atoms with Crippen molar-refractivity contribution in [1.82, 2.24) is 0 Å². The van der Waals surface area contributed by atoms with Crippen molar-refractivity contribution >= 4 is 11.7 Å². The summed E-state index contributed by atoms with van der Waals surface area (Å²) >= 11 is 0. The number of ether oxygens (including phenoxy) is 1. The fourth-order valence-electron chi connectivity index (χ4n) is 2.09. The van der Waals surface area contributed by atoms with E-state index in [9.17, 15) is 4.79 Å². The first-order valence-electron chi connectivity index (χ1n) is 6.69. The van der Waals surface area contributed by atoms with Crippen LogP contribution in [0.15, 0.2) is 42.5 Å². The molecule has 4 heteroatoms. The first-order chi connectivity index (χ1) is 9.79. The normalized spacial score (nSPS) is 11.2. The van der Waals surface area contributed by atoms with Crippen LogP contribution in [0.2, 0.25) is 0 Å². The van der Waals surface area contributed by atoms with Gasteiger partial charge in [0.15, 0.2) is 0 Å². The fraction of sp³-hybridized carbons (Fsp3) is 0.235. The summed E-state index contributed by atoms with van der Waals surface area (Å²) in [5, 5.41) is 9.10. The van der Waals surface area contributed by atoms with Crippen LogP contribution in [0.25, 0.3) is 0 Å². The van der Waals surface area contributed by atoms with Crippen LogP contribution in [0.5, 0.6) is 11.5 Å². The number of hydrogen-bond donors (Lipinski definition) is 2. The van der Waals surface area contributed by atoms with Gasteiger partial charge in [-0.2, -0.15) is 0 Å². The summed E-state index contributed by atoms with van der Waals surface area (Å²) in [6.07, 6.45) is 0. The molecule has 21 heavy (non-hydrogen) atoms. The molecule has 0 bridgehead atoms. The SMILES string of the molecule is CC(C)(C)c1ccccc1Oc1ccc(N)c(C(=O)O)c1. The summed E-state index contributed by atoms with van der Waals surface area (Å²) in [6.45, 7) is 6.29. The van der Waals surface area contributed by atoms with Gasteiger partial charge in [0.25, 0.3) is 0 Å². The number of carbonyl (C=O) groups is 1. The van der Waals surface area contributed by atoms with E-state index in [1.165, 1.54) is 6.07 Å². The van der Waals surface area contributed by atoms with Crippen molar-refractivity contribution in [2.24, 2.45) is 0 Å². The minimum absolute atomic E-state index is 0.0424. The van der Waals surface area contributed by atoms with Crippen LogP contribution in [0.4, 0.5) is 5.69 Å². The predicted octanol–water partition coefficient (Wildman–Crippen LogP) is 4.06. The van der Waals surface area contributed by atoms with Gasteiger partial charge in [-0.3, -0.25) is 0 Å². The molecule has 0 aliphatic carbocycles. The minimum Gasteiger partial charge on any atom is -0.478 e. The Morgan fingerprint density at radius 3 is 2.43 bits per heavy atom. The van der Waals surface area contributed by atoms with E-state index < -0.39 is 5.97 Å². The number of nitrogens with two attached hydrogens (primary N) is 1. The van der Waals surface area contributed by atoms with Crippen molar-refractivity contribution in [3.8, 4) is 11.5 Å². The van der Waals surface area contributed by atoms with Gasteiger partial charge in [0.2, 0.25) is 0 Å². The molecule has 0 unspecified atom stereocenters. The molecule has 2 aromatic rings. The van der Waals surface area contributed by atoms with E-state index >= 15 is 0 Å². The minimum atomic E-state index is -1.07. The van der Waals surface area contributed by atoms with Gasteiger partial charge in [-0.25, -0.2) is 4.79 Å². The number of carboxylic acid groups (broad SMARTS) is 1. The maximum atomic E-state index is 11.1. The molecule has 0 radical (unpaired) electrons. The van der Waals surface area contributed by atoms with Gasteiger partial charge < -0.3 is 15.6 Å². The molecule has 0 aromatic heterocycles. The maximum absolute atomic E-state index is 11.1. The number of carboxylic acids is 1. The third kappa shape index (κ3) is 3.34. The molecule has 0 spiro atoms. The second kappa shape index (κ2) is 5.48. The highest BCUT2D eigenvalue weighted by Gasteiger charge is 2.19. The monoisotopic (exact) mass is 285 g/mol. The number of anilines is 1. The average Bonchev–Trinajstić information content (AvgIpc) is 2.40. The Balaban J connectivity index is 2.40. The Kier molecular flexibility index (Phi) is 3.89. The summed E-state index contributed by atoms with van der Waals surface area (Å²) in [7, 11) is 0. The molecular formula is C17H19NO3. The van der Waals surface area contributed by atoms with Gasteiger partial charge in [0.1, 0.15) is 11.5 Å². The summed E-state index contributed by atoms with van der Waals surface area (Å²) in [5.74, 6) is 0.103. The van der Waals surface area contributed by atoms with Crippen LogP contribution in [0.3, 0.4) is 0 Å². The van der Waals surface area contributed by atoms with Crippen molar-refractivity contribution < 1.29 is 14.6 Å². The van der Waals surface area contributed by atoms with Gasteiger partial charge in [-0.05, 0) is 29.7 Å². The molecule has 2 rings (SSSR count). The molecule has 0 saturated heterocycles. The van der Waals surface area contributed by atoms with E-state index in [-0.39, 0.29) is 16.7 Å². The second-order valence-electron chi connectivity index (χ2n) is 5.90. The van der Waals surface area contributed by atoms with E-state index in [4.69, 9.17) is 15.6 Å². The number of aromatic carboxylic acids is 1. The van der Waals surface area contributed by atoms with Crippen LogP contribution in [-0.4, -0.2) is 11.1 Å². The van der Waals surface area contributed by atoms with Crippen molar-refractivity contribution in [2.45, 2.75) is 26.2 Å². The van der Waals surface area contributed by atoms with E-state index in [1.54, 1.807) is 12.1 Å². The Morgan fingerprint density at radius 2 is 1.81 bits per heavy atom. The zero-order chi connectivity index (χ0) is 15.6. The predicted molar refractivity (Wildman–Crippen MR) is 83.0 cm³/mol. The number of benzene rings is 2. The lowest BCUT2D eigenvalue weighted by Crippen LogP contribution is -2.12. The largest absolute Gasteiger partial charge is 0.478 e. The summed E-state index contributed by atoms with van der Waals surface area (Å²) < 4.78 is 5.86. The highest BCUT2D eigenvalue weighted by Crippen LogP contribution is 2.34. The van der Waals surface area contributed by atoms with Crippen LogP contribution in [-0.2, 0) is 5.41 Å². The lowest BCUT2D eigenvalue weighted by Gasteiger charge is -2.22. The zero-order valence-electron chi connectivity index (χ0n) is 12.4.